The molecule has 0 amide bonds. The molecule has 1 aliphatic heterocycles. The minimum Gasteiger partial charge on any atom is -0.385 e. The predicted molar refractivity (Wildman–Crippen MR) is 72.0 cm³/mol. The Bertz CT molecular complexity index is 525. The van der Waals surface area contributed by atoms with Crippen molar-refractivity contribution in [3.63, 3.8) is 0 Å². The highest BCUT2D eigenvalue weighted by atomic mass is 31.3. The van der Waals surface area contributed by atoms with E-state index in [0.717, 1.165) is 17.8 Å². The molecule has 1 heterocycles. The zero-order valence-corrected chi connectivity index (χ0v) is 12.1. The third-order valence-corrected chi connectivity index (χ3v) is 7.90. The van der Waals surface area contributed by atoms with Crippen molar-refractivity contribution >= 4 is 20.9 Å². The first-order valence-corrected chi connectivity index (χ1v) is 9.07. The molecule has 0 radical (unpaired) electrons. The van der Waals surface area contributed by atoms with Gasteiger partial charge < -0.3 is 15.1 Å². The molecule has 0 spiro atoms. The van der Waals surface area contributed by atoms with E-state index in [1.807, 2.05) is 31.2 Å². The van der Waals surface area contributed by atoms with E-state index in [4.69, 9.17) is 0 Å². The second kappa shape index (κ2) is 5.37. The van der Waals surface area contributed by atoms with E-state index in [1.54, 1.807) is 0 Å². The zero-order chi connectivity index (χ0) is 14.1. The Balaban J connectivity index is 1.95. The van der Waals surface area contributed by atoms with Gasteiger partial charge in [-0.2, -0.15) is 0 Å². The Morgan fingerprint density at radius 1 is 1.21 bits per heavy atom. The molecule has 9 heteroatoms. The smallest absolute Gasteiger partial charge is 0.364 e. The summed E-state index contributed by atoms with van der Waals surface area (Å²) in [5.74, 6) is 0. The zero-order valence-electron chi connectivity index (χ0n) is 10.3. The first-order valence-electron chi connectivity index (χ1n) is 5.77. The van der Waals surface area contributed by atoms with Crippen molar-refractivity contribution in [2.45, 2.75) is 19.0 Å². The SMILES string of the molecule is CCNc1ccc(CNC2P(=O)(O)OP2(=O)O)cc1. The summed E-state index contributed by atoms with van der Waals surface area (Å²) in [5, 5.41) is 5.73. The van der Waals surface area contributed by atoms with Crippen LogP contribution in [0.4, 0.5) is 5.69 Å². The monoisotopic (exact) mass is 306 g/mol. The van der Waals surface area contributed by atoms with Gasteiger partial charge in [-0.05, 0) is 24.6 Å². The second-order valence-electron chi connectivity index (χ2n) is 4.19. The van der Waals surface area contributed by atoms with Gasteiger partial charge in [0.25, 0.3) is 0 Å². The van der Waals surface area contributed by atoms with Crippen LogP contribution < -0.4 is 10.6 Å². The lowest BCUT2D eigenvalue weighted by molar-refractivity contribution is 0.276. The molecular weight excluding hydrogens is 290 g/mol. The number of rotatable bonds is 5. The molecule has 2 atom stereocenters. The molecular formula is C10H16N2O5P2. The third kappa shape index (κ3) is 3.26. The van der Waals surface area contributed by atoms with E-state index in [1.165, 1.54) is 0 Å². The highest BCUT2D eigenvalue weighted by Crippen LogP contribution is 2.80. The summed E-state index contributed by atoms with van der Waals surface area (Å²) in [6, 6.07) is 7.40. The lowest BCUT2D eigenvalue weighted by Crippen LogP contribution is -2.35. The molecule has 2 rings (SSSR count). The van der Waals surface area contributed by atoms with E-state index < -0.39 is 20.7 Å². The summed E-state index contributed by atoms with van der Waals surface area (Å²) in [6.45, 7) is 3.03. The number of hydrogen-bond acceptors (Lipinski definition) is 5. The Labute approximate surface area is 111 Å². The van der Waals surface area contributed by atoms with Crippen LogP contribution in [-0.2, 0) is 20.0 Å². The van der Waals surface area contributed by atoms with Gasteiger partial charge in [0.1, 0.15) is 0 Å². The number of benzene rings is 1. The normalized spacial score (nSPS) is 33.7. The third-order valence-electron chi connectivity index (χ3n) is 2.68. The van der Waals surface area contributed by atoms with Gasteiger partial charge in [0.05, 0.1) is 0 Å². The summed E-state index contributed by atoms with van der Waals surface area (Å²) in [7, 11) is -7.98. The molecule has 106 valence electrons. The molecule has 0 aliphatic carbocycles. The molecule has 1 saturated heterocycles. The number of anilines is 1. The van der Waals surface area contributed by atoms with Gasteiger partial charge in [0.2, 0.25) is 5.52 Å². The quantitative estimate of drug-likeness (QED) is 0.615. The van der Waals surface area contributed by atoms with E-state index in [2.05, 4.69) is 14.9 Å². The van der Waals surface area contributed by atoms with Gasteiger partial charge >= 0.3 is 15.2 Å². The maximum absolute atomic E-state index is 11.3. The molecule has 0 aromatic heterocycles. The van der Waals surface area contributed by atoms with Crippen LogP contribution >= 0.6 is 15.2 Å². The van der Waals surface area contributed by atoms with Gasteiger partial charge in [-0.3, -0.25) is 14.4 Å². The van der Waals surface area contributed by atoms with Crippen LogP contribution in [0, 0.1) is 0 Å². The van der Waals surface area contributed by atoms with Crippen LogP contribution in [0.5, 0.6) is 0 Å². The lowest BCUT2D eigenvalue weighted by Gasteiger charge is -2.35. The molecule has 0 bridgehead atoms. The molecule has 1 fully saturated rings. The van der Waals surface area contributed by atoms with Crippen molar-refractivity contribution < 1.29 is 23.2 Å². The minimum atomic E-state index is -3.99. The fraction of sp³-hybridized carbons (Fsp3) is 0.400. The Morgan fingerprint density at radius 3 is 2.26 bits per heavy atom. The molecule has 4 N–H and O–H groups in total. The fourth-order valence-electron chi connectivity index (χ4n) is 1.78. The van der Waals surface area contributed by atoms with Crippen LogP contribution in [-0.4, -0.2) is 21.9 Å². The maximum Gasteiger partial charge on any atom is 0.364 e. The number of hydrogen-bond donors (Lipinski definition) is 4. The topological polar surface area (TPSA) is 108 Å². The van der Waals surface area contributed by atoms with Gasteiger partial charge in [0.15, 0.2) is 0 Å². The molecule has 1 aromatic carbocycles. The predicted octanol–water partition coefficient (Wildman–Crippen LogP) is 1.89. The van der Waals surface area contributed by atoms with Crippen LogP contribution in [0.15, 0.2) is 24.3 Å². The Kier molecular flexibility index (Phi) is 4.16. The molecule has 7 nitrogen and oxygen atoms in total. The van der Waals surface area contributed by atoms with Crippen molar-refractivity contribution in [3.05, 3.63) is 29.8 Å². The second-order valence-corrected chi connectivity index (χ2v) is 8.54. The van der Waals surface area contributed by atoms with Crippen molar-refractivity contribution in [2.24, 2.45) is 0 Å². The van der Waals surface area contributed by atoms with Crippen LogP contribution in [0.1, 0.15) is 12.5 Å². The largest absolute Gasteiger partial charge is 0.385 e. The van der Waals surface area contributed by atoms with Crippen LogP contribution in [0.3, 0.4) is 0 Å². The van der Waals surface area contributed by atoms with E-state index in [-0.39, 0.29) is 6.54 Å². The van der Waals surface area contributed by atoms with Crippen molar-refractivity contribution in [1.82, 2.24) is 5.32 Å². The summed E-state index contributed by atoms with van der Waals surface area (Å²) in [4.78, 5) is 18.5. The number of nitrogens with one attached hydrogen (secondary N) is 2. The average Bonchev–Trinajstić information content (AvgIpc) is 2.29. The van der Waals surface area contributed by atoms with Gasteiger partial charge in [0, 0.05) is 18.8 Å². The molecule has 1 aromatic rings. The Morgan fingerprint density at radius 2 is 1.79 bits per heavy atom. The lowest BCUT2D eigenvalue weighted by atomic mass is 10.2. The first kappa shape index (κ1) is 14.7. The Hall–Kier alpha value is -0.680. The summed E-state index contributed by atoms with van der Waals surface area (Å²) in [5.41, 5.74) is 0.417. The van der Waals surface area contributed by atoms with Gasteiger partial charge in [-0.25, -0.2) is 4.31 Å². The van der Waals surface area contributed by atoms with E-state index >= 15 is 0 Å². The molecule has 19 heavy (non-hydrogen) atoms. The first-order chi connectivity index (χ1) is 8.85. The van der Waals surface area contributed by atoms with Crippen molar-refractivity contribution in [1.29, 1.82) is 0 Å². The highest BCUT2D eigenvalue weighted by molar-refractivity contribution is 7.84. The average molecular weight is 306 g/mol. The summed E-state index contributed by atoms with van der Waals surface area (Å²) < 4.78 is 26.7. The maximum atomic E-state index is 11.3. The van der Waals surface area contributed by atoms with E-state index in [0.29, 0.717) is 0 Å². The van der Waals surface area contributed by atoms with Crippen LogP contribution in [0.25, 0.3) is 0 Å². The van der Waals surface area contributed by atoms with Crippen molar-refractivity contribution in [2.75, 3.05) is 11.9 Å². The van der Waals surface area contributed by atoms with Gasteiger partial charge in [-0.15, -0.1) is 0 Å². The summed E-state index contributed by atoms with van der Waals surface area (Å²) in [6.07, 6.45) is 0. The van der Waals surface area contributed by atoms with Gasteiger partial charge in [-0.1, -0.05) is 12.1 Å². The van der Waals surface area contributed by atoms with Crippen LogP contribution in [0.2, 0.25) is 0 Å². The standard InChI is InChI=1S/C10H16N2O5P2/c1-2-11-9-5-3-8(4-6-9)7-12-10-18(13,14)17-19(10,15)16/h3-6,10-12H,2,7H2,1H3,(H,13,14)(H,15,16). The minimum absolute atomic E-state index is 0.218. The summed E-state index contributed by atoms with van der Waals surface area (Å²) >= 11 is 0. The fourth-order valence-corrected chi connectivity index (χ4v) is 5.63. The molecule has 1 aliphatic rings. The van der Waals surface area contributed by atoms with E-state index in [9.17, 15) is 18.9 Å². The highest BCUT2D eigenvalue weighted by Gasteiger charge is 2.61. The molecule has 0 saturated carbocycles. The molecule has 2 unspecified atom stereocenters. The van der Waals surface area contributed by atoms with Crippen molar-refractivity contribution in [3.8, 4) is 0 Å².